The molecular formula is C27H35F2N4O11S-. The van der Waals surface area contributed by atoms with Crippen molar-refractivity contribution in [1.82, 2.24) is 20.9 Å². The van der Waals surface area contributed by atoms with Gasteiger partial charge < -0.3 is 44.7 Å². The number of benzene rings is 1. The van der Waals surface area contributed by atoms with Gasteiger partial charge in [-0.15, -0.1) is 8.78 Å². The first-order valence-electron chi connectivity index (χ1n) is 14.3. The molecule has 4 rings (SSSR count). The topological polar surface area (TPSA) is 213 Å². The Balaban J connectivity index is 1.37. The van der Waals surface area contributed by atoms with E-state index in [1.165, 1.54) is 23.1 Å². The predicted octanol–water partition coefficient (Wildman–Crippen LogP) is 0.515. The fraction of sp³-hybridized carbons (Fsp3) is 0.630. The van der Waals surface area contributed by atoms with Crippen LogP contribution in [0.5, 0.6) is 11.5 Å². The minimum Gasteiger partial charge on any atom is -0.746 e. The minimum absolute atomic E-state index is 0.0143. The van der Waals surface area contributed by atoms with Gasteiger partial charge in [-0.1, -0.05) is 19.9 Å². The Morgan fingerprint density at radius 1 is 1.20 bits per heavy atom. The van der Waals surface area contributed by atoms with E-state index in [9.17, 15) is 46.0 Å². The van der Waals surface area contributed by atoms with Gasteiger partial charge in [-0.2, -0.15) is 0 Å². The quantitative estimate of drug-likeness (QED) is 0.214. The average molecular weight is 662 g/mol. The molecule has 15 nitrogen and oxygen atoms in total. The number of aliphatic hydroxyl groups is 1. The molecule has 3 aliphatic rings. The lowest BCUT2D eigenvalue weighted by atomic mass is 9.97. The Labute approximate surface area is 257 Å². The van der Waals surface area contributed by atoms with Crippen LogP contribution < -0.4 is 25.4 Å². The van der Waals surface area contributed by atoms with E-state index in [2.05, 4.69) is 25.4 Å². The minimum atomic E-state index is -5.27. The van der Waals surface area contributed by atoms with Crippen LogP contribution in [0, 0.1) is 11.8 Å². The highest BCUT2D eigenvalue weighted by molar-refractivity contribution is 7.86. The van der Waals surface area contributed by atoms with Crippen molar-refractivity contribution in [1.29, 1.82) is 0 Å². The summed E-state index contributed by atoms with van der Waals surface area (Å²) in [5, 5.41) is 17.4. The summed E-state index contributed by atoms with van der Waals surface area (Å²) in [5.74, 6) is -2.80. The molecule has 2 saturated heterocycles. The van der Waals surface area contributed by atoms with E-state index >= 15 is 0 Å². The van der Waals surface area contributed by atoms with Crippen molar-refractivity contribution in [3.05, 3.63) is 23.8 Å². The summed E-state index contributed by atoms with van der Waals surface area (Å²) in [7, 11) is -5.27. The number of carbonyl (C=O) groups is 4. The van der Waals surface area contributed by atoms with Crippen LogP contribution in [0.3, 0.4) is 0 Å². The van der Waals surface area contributed by atoms with Gasteiger partial charge in [0.05, 0.1) is 12.1 Å². The van der Waals surface area contributed by atoms with E-state index in [-0.39, 0.29) is 55.7 Å². The van der Waals surface area contributed by atoms with Crippen LogP contribution >= 0.6 is 0 Å². The first-order valence-corrected chi connectivity index (χ1v) is 15.8. The van der Waals surface area contributed by atoms with Crippen molar-refractivity contribution < 1.29 is 60.2 Å². The lowest BCUT2D eigenvalue weighted by molar-refractivity contribution is -0.286. The van der Waals surface area contributed by atoms with E-state index in [0.717, 1.165) is 0 Å². The number of nitrogens with zero attached hydrogens (tertiary/aromatic N) is 1. The summed E-state index contributed by atoms with van der Waals surface area (Å²) in [6, 6.07) is 0.656. The molecule has 3 heterocycles. The Hall–Kier alpha value is -3.77. The fourth-order valence-corrected chi connectivity index (χ4v) is 6.02. The number of hydrogen-bond acceptors (Lipinski definition) is 11. The summed E-state index contributed by atoms with van der Waals surface area (Å²) >= 11 is 0. The number of hydrogen-bond donors (Lipinski definition) is 4. The maximum absolute atomic E-state index is 13.4. The van der Waals surface area contributed by atoms with Crippen molar-refractivity contribution in [3.63, 3.8) is 0 Å². The highest BCUT2D eigenvalue weighted by atomic mass is 32.2. The number of carbonyl (C=O) groups excluding carboxylic acids is 4. The molecule has 1 aromatic carbocycles. The molecule has 2 fully saturated rings. The number of rotatable bonds is 13. The number of fused-ring (bicyclic) bond motifs is 1. The van der Waals surface area contributed by atoms with Crippen LogP contribution in [0.25, 0.3) is 0 Å². The molecule has 250 valence electrons. The van der Waals surface area contributed by atoms with Crippen LogP contribution in [0.15, 0.2) is 18.2 Å². The maximum atomic E-state index is 13.4. The molecule has 18 heteroatoms. The Kier molecular flexibility index (Phi) is 10.4. The summed E-state index contributed by atoms with van der Waals surface area (Å²) in [4.78, 5) is 52.0. The smallest absolute Gasteiger partial charge is 0.586 e. The second-order valence-electron chi connectivity index (χ2n) is 11.6. The lowest BCUT2D eigenvalue weighted by Gasteiger charge is -2.30. The first kappa shape index (κ1) is 34.1. The summed E-state index contributed by atoms with van der Waals surface area (Å²) in [5.41, 5.74) is -2.06. The molecule has 0 bridgehead atoms. The molecule has 4 amide bonds. The Morgan fingerprint density at radius 3 is 2.56 bits per heavy atom. The lowest BCUT2D eigenvalue weighted by Crippen LogP contribution is -2.55. The zero-order valence-corrected chi connectivity index (χ0v) is 25.3. The summed E-state index contributed by atoms with van der Waals surface area (Å²) in [6.45, 7) is 3.57. The van der Waals surface area contributed by atoms with Gasteiger partial charge in [0.1, 0.15) is 22.8 Å². The monoisotopic (exact) mass is 661 g/mol. The molecule has 0 aromatic heterocycles. The molecule has 0 spiro atoms. The summed E-state index contributed by atoms with van der Waals surface area (Å²) < 4.78 is 75.6. The van der Waals surface area contributed by atoms with Crippen LogP contribution in [-0.2, 0) is 35.8 Å². The SMILES string of the molecule is CC(C)C[C@H](NC(=O)OC[C@@H]1CCC(=O)N1Cc1ccc2c(c1)OC(F)(F)O2)C(=O)N[C@@H](C[C@@H]1CCNC1=O)C(O)S(=O)(=O)[O-]. The summed E-state index contributed by atoms with van der Waals surface area (Å²) in [6.07, 6.45) is -4.28. The number of nitrogens with one attached hydrogen (secondary N) is 3. The van der Waals surface area contributed by atoms with E-state index in [1.54, 1.807) is 13.8 Å². The van der Waals surface area contributed by atoms with Gasteiger partial charge in [-0.05, 0) is 49.3 Å². The van der Waals surface area contributed by atoms with Crippen molar-refractivity contribution in [2.24, 2.45) is 11.8 Å². The van der Waals surface area contributed by atoms with Crippen LogP contribution in [0.1, 0.15) is 51.5 Å². The highest BCUT2D eigenvalue weighted by Gasteiger charge is 2.43. The van der Waals surface area contributed by atoms with Crippen LogP contribution in [-0.4, -0.2) is 89.8 Å². The molecular weight excluding hydrogens is 626 g/mol. The van der Waals surface area contributed by atoms with Crippen LogP contribution in [0.2, 0.25) is 0 Å². The number of likely N-dealkylation sites (tertiary alicyclic amines) is 1. The molecule has 1 unspecified atom stereocenters. The zero-order chi connectivity index (χ0) is 33.1. The van der Waals surface area contributed by atoms with Gasteiger partial charge in [-0.3, -0.25) is 14.4 Å². The van der Waals surface area contributed by atoms with Crippen molar-refractivity contribution in [2.75, 3.05) is 13.2 Å². The average Bonchev–Trinajstić information content (AvgIpc) is 3.60. The van der Waals surface area contributed by atoms with Gasteiger partial charge in [0, 0.05) is 25.4 Å². The number of amides is 4. The van der Waals surface area contributed by atoms with Crippen LogP contribution in [0.4, 0.5) is 13.6 Å². The van der Waals surface area contributed by atoms with Gasteiger partial charge in [0.25, 0.3) is 0 Å². The normalized spacial score (nSPS) is 22.6. The molecule has 4 N–H and O–H groups in total. The second kappa shape index (κ2) is 13.7. The number of alkyl carbamates (subject to hydrolysis) is 1. The zero-order valence-electron chi connectivity index (χ0n) is 24.5. The fourth-order valence-electron chi connectivity index (χ4n) is 5.44. The Morgan fingerprint density at radius 2 is 1.91 bits per heavy atom. The number of aliphatic hydroxyl groups excluding tert-OH is 1. The Bertz CT molecular complexity index is 1410. The first-order chi connectivity index (χ1) is 21.0. The number of ether oxygens (including phenoxy) is 3. The standard InChI is InChI=1S/C27H36F2N4O11S/c1-14(2)9-18(24(36)31-19(25(37)45(39,40)41)11-16-7-8-30-23(16)35)32-26(38)42-13-17-4-6-22(34)33(17)12-15-3-5-20-21(10-15)44-27(28,29)43-20/h3,5,10,14,16-19,25,37H,4,6-9,11-13H2,1-2H3,(H,30,35)(H,31,36)(H,32,38)(H,39,40,41)/p-1/t16-,17-,18-,19-,25?/m0/s1. The molecule has 0 radical (unpaired) electrons. The van der Waals surface area contributed by atoms with Gasteiger partial charge in [0.15, 0.2) is 16.9 Å². The molecule has 45 heavy (non-hydrogen) atoms. The molecule has 1 aromatic rings. The van der Waals surface area contributed by atoms with Crippen molar-refractivity contribution >= 4 is 33.9 Å². The predicted molar refractivity (Wildman–Crippen MR) is 147 cm³/mol. The molecule has 0 saturated carbocycles. The number of alkyl halides is 2. The van der Waals surface area contributed by atoms with E-state index < -0.39 is 63.8 Å². The third kappa shape index (κ3) is 8.91. The highest BCUT2D eigenvalue weighted by Crippen LogP contribution is 2.41. The van der Waals surface area contributed by atoms with Gasteiger partial charge in [-0.25, -0.2) is 13.2 Å². The van der Waals surface area contributed by atoms with E-state index in [0.29, 0.717) is 24.9 Å². The van der Waals surface area contributed by atoms with Gasteiger partial charge >= 0.3 is 12.4 Å². The molecule has 5 atom stereocenters. The van der Waals surface area contributed by atoms with Gasteiger partial charge in [0.2, 0.25) is 17.7 Å². The van der Waals surface area contributed by atoms with Crippen molar-refractivity contribution in [3.8, 4) is 11.5 Å². The molecule has 3 aliphatic heterocycles. The molecule has 0 aliphatic carbocycles. The third-order valence-corrected chi connectivity index (χ3v) is 8.58. The maximum Gasteiger partial charge on any atom is 0.586 e. The second-order valence-corrected chi connectivity index (χ2v) is 13.1. The van der Waals surface area contributed by atoms with E-state index in [4.69, 9.17) is 4.74 Å². The largest absolute Gasteiger partial charge is 0.746 e. The van der Waals surface area contributed by atoms with E-state index in [1.807, 2.05) is 0 Å². The number of halogens is 2. The third-order valence-electron chi connectivity index (χ3n) is 7.66. The van der Waals surface area contributed by atoms with Crippen molar-refractivity contribution in [2.45, 2.75) is 82.4 Å².